The standard InChI is InChI=1S/C19H22OS2/c1-15(14-20)13-16(2)19(21-17-9-5-3-6-10-17)22-18-11-7-4-8-12-18/h3-12,14-16,19H,13H2,1-2H3/t15-,16+/m0/s1. The largest absolute Gasteiger partial charge is 0.303 e. The number of rotatable bonds is 8. The van der Waals surface area contributed by atoms with Gasteiger partial charge in [-0.15, -0.1) is 23.5 Å². The highest BCUT2D eigenvalue weighted by molar-refractivity contribution is 8.17. The summed E-state index contributed by atoms with van der Waals surface area (Å²) in [4.78, 5) is 13.5. The van der Waals surface area contributed by atoms with E-state index in [9.17, 15) is 4.79 Å². The molecule has 2 aromatic carbocycles. The van der Waals surface area contributed by atoms with Crippen LogP contribution in [-0.2, 0) is 4.79 Å². The second-order valence-electron chi connectivity index (χ2n) is 5.56. The Hall–Kier alpha value is -1.19. The van der Waals surface area contributed by atoms with E-state index in [1.807, 2.05) is 42.6 Å². The highest BCUT2D eigenvalue weighted by atomic mass is 32.2. The van der Waals surface area contributed by atoms with Crippen molar-refractivity contribution in [2.75, 3.05) is 0 Å². The normalized spacial score (nSPS) is 13.8. The van der Waals surface area contributed by atoms with E-state index in [1.54, 1.807) is 0 Å². The lowest BCUT2D eigenvalue weighted by atomic mass is 10.0. The molecule has 1 nitrogen and oxygen atoms in total. The van der Waals surface area contributed by atoms with Crippen molar-refractivity contribution in [2.45, 2.75) is 34.6 Å². The zero-order valence-electron chi connectivity index (χ0n) is 13.0. The minimum Gasteiger partial charge on any atom is -0.303 e. The minimum absolute atomic E-state index is 0.116. The first-order valence-corrected chi connectivity index (χ1v) is 9.33. The SMILES string of the molecule is C[C@H](C=O)C[C@@H](C)C(Sc1ccccc1)Sc1ccccc1. The molecule has 0 aliphatic heterocycles. The molecular formula is C19H22OS2. The van der Waals surface area contributed by atoms with E-state index < -0.39 is 0 Å². The summed E-state index contributed by atoms with van der Waals surface area (Å²) in [5.41, 5.74) is 0. The number of thioether (sulfide) groups is 2. The number of aldehydes is 1. The average Bonchev–Trinajstić information content (AvgIpc) is 2.56. The van der Waals surface area contributed by atoms with Gasteiger partial charge in [0.05, 0.1) is 4.58 Å². The van der Waals surface area contributed by atoms with Crippen molar-refractivity contribution in [2.24, 2.45) is 11.8 Å². The Morgan fingerprint density at radius 2 is 1.32 bits per heavy atom. The first-order chi connectivity index (χ1) is 10.7. The van der Waals surface area contributed by atoms with E-state index in [0.29, 0.717) is 10.5 Å². The van der Waals surface area contributed by atoms with Crippen molar-refractivity contribution >= 4 is 29.8 Å². The Labute approximate surface area is 141 Å². The molecule has 2 rings (SSSR count). The van der Waals surface area contributed by atoms with Gasteiger partial charge in [-0.2, -0.15) is 0 Å². The molecule has 0 fully saturated rings. The molecule has 0 unspecified atom stereocenters. The monoisotopic (exact) mass is 330 g/mol. The summed E-state index contributed by atoms with van der Waals surface area (Å²) in [7, 11) is 0. The summed E-state index contributed by atoms with van der Waals surface area (Å²) in [6.07, 6.45) is 1.99. The average molecular weight is 331 g/mol. The van der Waals surface area contributed by atoms with Crippen molar-refractivity contribution in [1.29, 1.82) is 0 Å². The van der Waals surface area contributed by atoms with Gasteiger partial charge < -0.3 is 4.79 Å². The number of carbonyl (C=O) groups excluding carboxylic acids is 1. The molecular weight excluding hydrogens is 308 g/mol. The van der Waals surface area contributed by atoms with Crippen LogP contribution >= 0.6 is 23.5 Å². The Morgan fingerprint density at radius 3 is 1.73 bits per heavy atom. The lowest BCUT2D eigenvalue weighted by molar-refractivity contribution is -0.111. The first-order valence-electron chi connectivity index (χ1n) is 7.57. The van der Waals surface area contributed by atoms with Crippen LogP contribution in [0.1, 0.15) is 20.3 Å². The molecule has 0 radical (unpaired) electrons. The van der Waals surface area contributed by atoms with Crippen molar-refractivity contribution in [3.8, 4) is 0 Å². The molecule has 0 aliphatic rings. The number of benzene rings is 2. The van der Waals surface area contributed by atoms with Crippen LogP contribution in [0.4, 0.5) is 0 Å². The second kappa shape index (κ2) is 9.06. The number of hydrogen-bond acceptors (Lipinski definition) is 3. The van der Waals surface area contributed by atoms with E-state index in [1.165, 1.54) is 9.79 Å². The quantitative estimate of drug-likeness (QED) is 0.348. The van der Waals surface area contributed by atoms with Crippen molar-refractivity contribution in [3.63, 3.8) is 0 Å². The van der Waals surface area contributed by atoms with Gasteiger partial charge in [-0.05, 0) is 36.6 Å². The molecule has 0 aromatic heterocycles. The van der Waals surface area contributed by atoms with Crippen LogP contribution in [-0.4, -0.2) is 10.9 Å². The Bertz CT molecular complexity index is 515. The maximum absolute atomic E-state index is 11.0. The molecule has 0 N–H and O–H groups in total. The van der Waals surface area contributed by atoms with Gasteiger partial charge in [-0.1, -0.05) is 50.2 Å². The highest BCUT2D eigenvalue weighted by Gasteiger charge is 2.22. The molecule has 0 amide bonds. The van der Waals surface area contributed by atoms with Crippen LogP contribution in [0.2, 0.25) is 0 Å². The summed E-state index contributed by atoms with van der Waals surface area (Å²) < 4.78 is 0.396. The summed E-state index contributed by atoms with van der Waals surface area (Å²) in [5.74, 6) is 0.570. The molecule has 0 saturated carbocycles. The minimum atomic E-state index is 0.116. The maximum Gasteiger partial charge on any atom is 0.122 e. The molecule has 0 spiro atoms. The van der Waals surface area contributed by atoms with Crippen LogP contribution in [0.3, 0.4) is 0 Å². The summed E-state index contributed by atoms with van der Waals surface area (Å²) >= 11 is 3.78. The van der Waals surface area contributed by atoms with Gasteiger partial charge in [0.2, 0.25) is 0 Å². The molecule has 0 aliphatic carbocycles. The molecule has 0 saturated heterocycles. The topological polar surface area (TPSA) is 17.1 Å². The highest BCUT2D eigenvalue weighted by Crippen LogP contribution is 2.41. The van der Waals surface area contributed by atoms with Gasteiger partial charge >= 0.3 is 0 Å². The molecule has 116 valence electrons. The summed E-state index contributed by atoms with van der Waals surface area (Å²) in [5, 5.41) is 0. The van der Waals surface area contributed by atoms with Crippen molar-refractivity contribution in [3.05, 3.63) is 60.7 Å². The van der Waals surface area contributed by atoms with Gasteiger partial charge in [-0.25, -0.2) is 0 Å². The summed E-state index contributed by atoms with van der Waals surface area (Å²) in [6, 6.07) is 21.0. The molecule has 3 heteroatoms. The van der Waals surface area contributed by atoms with Crippen LogP contribution in [0.15, 0.2) is 70.5 Å². The van der Waals surface area contributed by atoms with E-state index in [4.69, 9.17) is 0 Å². The maximum atomic E-state index is 11.0. The fourth-order valence-electron chi connectivity index (χ4n) is 2.28. The lowest BCUT2D eigenvalue weighted by Crippen LogP contribution is -2.14. The molecule has 2 atom stereocenters. The third-order valence-electron chi connectivity index (χ3n) is 3.43. The second-order valence-corrected chi connectivity index (χ2v) is 8.28. The fraction of sp³-hybridized carbons (Fsp3) is 0.316. The third kappa shape index (κ3) is 5.54. The first kappa shape index (κ1) is 17.2. The van der Waals surface area contributed by atoms with Crippen LogP contribution in [0.25, 0.3) is 0 Å². The number of hydrogen-bond donors (Lipinski definition) is 0. The van der Waals surface area contributed by atoms with Gasteiger partial charge in [0.1, 0.15) is 6.29 Å². The van der Waals surface area contributed by atoms with E-state index in [0.717, 1.165) is 12.7 Å². The molecule has 2 aromatic rings. The van der Waals surface area contributed by atoms with Gasteiger partial charge in [0.25, 0.3) is 0 Å². The zero-order chi connectivity index (χ0) is 15.8. The van der Waals surface area contributed by atoms with Crippen molar-refractivity contribution in [1.82, 2.24) is 0 Å². The van der Waals surface area contributed by atoms with Gasteiger partial charge in [-0.3, -0.25) is 0 Å². The van der Waals surface area contributed by atoms with Crippen LogP contribution in [0, 0.1) is 11.8 Å². The Morgan fingerprint density at radius 1 is 0.864 bits per heavy atom. The number of carbonyl (C=O) groups is 1. The van der Waals surface area contributed by atoms with E-state index >= 15 is 0 Å². The Balaban J connectivity index is 2.10. The fourth-order valence-corrected chi connectivity index (χ4v) is 4.99. The van der Waals surface area contributed by atoms with Crippen LogP contribution < -0.4 is 0 Å². The predicted molar refractivity (Wildman–Crippen MR) is 97.4 cm³/mol. The lowest BCUT2D eigenvalue weighted by Gasteiger charge is -2.24. The summed E-state index contributed by atoms with van der Waals surface area (Å²) in [6.45, 7) is 4.25. The van der Waals surface area contributed by atoms with E-state index in [2.05, 4.69) is 55.5 Å². The predicted octanol–water partition coefficient (Wildman–Crippen LogP) is 5.76. The smallest absolute Gasteiger partial charge is 0.122 e. The zero-order valence-corrected chi connectivity index (χ0v) is 14.6. The van der Waals surface area contributed by atoms with E-state index in [-0.39, 0.29) is 5.92 Å². The van der Waals surface area contributed by atoms with Gasteiger partial charge in [0, 0.05) is 15.7 Å². The van der Waals surface area contributed by atoms with Gasteiger partial charge in [0.15, 0.2) is 0 Å². The van der Waals surface area contributed by atoms with Crippen molar-refractivity contribution < 1.29 is 4.79 Å². The third-order valence-corrected chi connectivity index (χ3v) is 6.49. The Kier molecular flexibility index (Phi) is 7.07. The molecule has 0 bridgehead atoms. The molecule has 22 heavy (non-hydrogen) atoms. The van der Waals surface area contributed by atoms with Crippen LogP contribution in [0.5, 0.6) is 0 Å². The molecule has 0 heterocycles.